The van der Waals surface area contributed by atoms with Gasteiger partial charge in [0.2, 0.25) is 5.88 Å². The molecule has 2 rings (SSSR count). The van der Waals surface area contributed by atoms with Crippen molar-refractivity contribution >= 4 is 12.2 Å². The maximum atomic E-state index is 7.46. The summed E-state index contributed by atoms with van der Waals surface area (Å²) in [4.78, 5) is 6.34. The van der Waals surface area contributed by atoms with Crippen molar-refractivity contribution in [1.82, 2.24) is 10.3 Å². The molecular weight excluding hydrogens is 228 g/mol. The van der Waals surface area contributed by atoms with Gasteiger partial charge < -0.3 is 15.0 Å². The molecule has 0 aliphatic carbocycles. The fourth-order valence-electron chi connectivity index (χ4n) is 1.96. The van der Waals surface area contributed by atoms with Crippen molar-refractivity contribution in [2.45, 2.75) is 39.5 Å². The van der Waals surface area contributed by atoms with Gasteiger partial charge in [0.1, 0.15) is 11.9 Å². The third kappa shape index (κ3) is 2.61. The van der Waals surface area contributed by atoms with Gasteiger partial charge >= 0.3 is 0 Å². The second kappa shape index (κ2) is 5.35. The standard InChI is InChI=1S/C13H20N4O/c1-9(2)17(8-14)12-5-4-11-7-15-6-10(3)18-13(11)16-12/h4-5,8-10,14-15H,6-7H2,1-3H3/t10-/m0/s1. The summed E-state index contributed by atoms with van der Waals surface area (Å²) in [7, 11) is 0. The quantitative estimate of drug-likeness (QED) is 0.632. The van der Waals surface area contributed by atoms with E-state index >= 15 is 0 Å². The summed E-state index contributed by atoms with van der Waals surface area (Å²) in [5.74, 6) is 1.44. The summed E-state index contributed by atoms with van der Waals surface area (Å²) < 4.78 is 5.80. The molecule has 18 heavy (non-hydrogen) atoms. The molecule has 1 aliphatic rings. The van der Waals surface area contributed by atoms with Crippen LogP contribution in [-0.2, 0) is 6.54 Å². The summed E-state index contributed by atoms with van der Waals surface area (Å²) in [5, 5.41) is 10.8. The van der Waals surface area contributed by atoms with Gasteiger partial charge in [0.05, 0.1) is 6.34 Å². The number of nitrogens with one attached hydrogen (secondary N) is 2. The number of hydrogen-bond donors (Lipinski definition) is 2. The number of ether oxygens (including phenoxy) is 1. The Labute approximate surface area is 108 Å². The first-order valence-corrected chi connectivity index (χ1v) is 6.28. The predicted molar refractivity (Wildman–Crippen MR) is 72.4 cm³/mol. The number of nitrogens with zero attached hydrogens (tertiary/aromatic N) is 2. The molecule has 2 N–H and O–H groups in total. The fourth-order valence-corrected chi connectivity index (χ4v) is 1.96. The Morgan fingerprint density at radius 1 is 1.56 bits per heavy atom. The van der Waals surface area contributed by atoms with E-state index in [-0.39, 0.29) is 12.1 Å². The van der Waals surface area contributed by atoms with Crippen LogP contribution in [0.15, 0.2) is 12.1 Å². The zero-order valence-corrected chi connectivity index (χ0v) is 11.1. The lowest BCUT2D eigenvalue weighted by Gasteiger charge is -2.23. The molecule has 0 aromatic carbocycles. The van der Waals surface area contributed by atoms with Gasteiger partial charge in [0.15, 0.2) is 0 Å². The van der Waals surface area contributed by atoms with E-state index in [9.17, 15) is 0 Å². The van der Waals surface area contributed by atoms with Gasteiger partial charge in [-0.1, -0.05) is 0 Å². The monoisotopic (exact) mass is 248 g/mol. The molecule has 0 unspecified atom stereocenters. The number of rotatable bonds is 3. The van der Waals surface area contributed by atoms with Crippen LogP contribution in [0, 0.1) is 5.41 Å². The van der Waals surface area contributed by atoms with E-state index in [1.54, 1.807) is 0 Å². The molecule has 1 aromatic rings. The highest BCUT2D eigenvalue weighted by molar-refractivity contribution is 5.75. The highest BCUT2D eigenvalue weighted by atomic mass is 16.5. The summed E-state index contributed by atoms with van der Waals surface area (Å²) in [6, 6.07) is 4.15. The molecule has 0 bridgehead atoms. The lowest BCUT2D eigenvalue weighted by atomic mass is 10.2. The van der Waals surface area contributed by atoms with Crippen LogP contribution in [0.25, 0.3) is 0 Å². The summed E-state index contributed by atoms with van der Waals surface area (Å²) >= 11 is 0. The second-order valence-electron chi connectivity index (χ2n) is 4.82. The summed E-state index contributed by atoms with van der Waals surface area (Å²) in [5.41, 5.74) is 1.07. The van der Waals surface area contributed by atoms with Crippen molar-refractivity contribution in [3.8, 4) is 5.88 Å². The summed E-state index contributed by atoms with van der Waals surface area (Å²) in [6.07, 6.45) is 1.42. The molecule has 1 aromatic heterocycles. The van der Waals surface area contributed by atoms with Crippen molar-refractivity contribution < 1.29 is 4.74 Å². The molecule has 98 valence electrons. The van der Waals surface area contributed by atoms with Crippen LogP contribution < -0.4 is 15.0 Å². The molecule has 1 atom stereocenters. The molecule has 5 nitrogen and oxygen atoms in total. The largest absolute Gasteiger partial charge is 0.473 e. The zero-order chi connectivity index (χ0) is 13.1. The molecule has 0 amide bonds. The molecule has 0 saturated heterocycles. The minimum atomic E-state index is 0.112. The van der Waals surface area contributed by atoms with Gasteiger partial charge in [-0.15, -0.1) is 0 Å². The smallest absolute Gasteiger partial charge is 0.220 e. The van der Waals surface area contributed by atoms with Crippen molar-refractivity contribution in [1.29, 1.82) is 5.41 Å². The normalized spacial score (nSPS) is 18.8. The van der Waals surface area contributed by atoms with Gasteiger partial charge in [-0.2, -0.15) is 4.98 Å². The Hall–Kier alpha value is -1.62. The number of pyridine rings is 1. The van der Waals surface area contributed by atoms with Crippen molar-refractivity contribution in [3.63, 3.8) is 0 Å². The van der Waals surface area contributed by atoms with E-state index in [0.29, 0.717) is 5.88 Å². The highest BCUT2D eigenvalue weighted by Crippen LogP contribution is 2.24. The van der Waals surface area contributed by atoms with Crippen molar-refractivity contribution in [2.75, 3.05) is 11.4 Å². The molecular formula is C13H20N4O. The maximum Gasteiger partial charge on any atom is 0.220 e. The third-order valence-corrected chi connectivity index (χ3v) is 2.94. The Kier molecular flexibility index (Phi) is 3.81. The van der Waals surface area contributed by atoms with E-state index in [2.05, 4.69) is 10.3 Å². The molecule has 0 radical (unpaired) electrons. The van der Waals surface area contributed by atoms with Gasteiger partial charge in [-0.25, -0.2) is 0 Å². The van der Waals surface area contributed by atoms with Crippen LogP contribution >= 0.6 is 0 Å². The maximum absolute atomic E-state index is 7.46. The Balaban J connectivity index is 2.33. The average Bonchev–Trinajstić information content (AvgIpc) is 2.49. The van der Waals surface area contributed by atoms with Crippen LogP contribution in [0.5, 0.6) is 5.88 Å². The Morgan fingerprint density at radius 3 is 3.00 bits per heavy atom. The average molecular weight is 248 g/mol. The minimum Gasteiger partial charge on any atom is -0.473 e. The molecule has 1 aliphatic heterocycles. The Morgan fingerprint density at radius 2 is 2.33 bits per heavy atom. The highest BCUT2D eigenvalue weighted by Gasteiger charge is 2.17. The first kappa shape index (κ1) is 12.8. The van der Waals surface area contributed by atoms with Crippen molar-refractivity contribution in [3.05, 3.63) is 17.7 Å². The van der Waals surface area contributed by atoms with E-state index in [1.807, 2.05) is 37.8 Å². The lowest BCUT2D eigenvalue weighted by molar-refractivity contribution is 0.218. The second-order valence-corrected chi connectivity index (χ2v) is 4.82. The van der Waals surface area contributed by atoms with Gasteiger partial charge in [-0.3, -0.25) is 5.41 Å². The van der Waals surface area contributed by atoms with E-state index in [4.69, 9.17) is 10.1 Å². The predicted octanol–water partition coefficient (Wildman–Crippen LogP) is 1.77. The number of fused-ring (bicyclic) bond motifs is 1. The molecule has 0 saturated carbocycles. The minimum absolute atomic E-state index is 0.112. The molecule has 0 fully saturated rings. The van der Waals surface area contributed by atoms with Gasteiger partial charge in [0.25, 0.3) is 0 Å². The van der Waals surface area contributed by atoms with Crippen LogP contribution in [0.2, 0.25) is 0 Å². The van der Waals surface area contributed by atoms with Crippen LogP contribution in [-0.4, -0.2) is 30.0 Å². The first-order chi connectivity index (χ1) is 8.61. The SMILES string of the molecule is CC(C)N(C=N)c1ccc2c(n1)O[C@@H](C)CNC2. The zero-order valence-electron chi connectivity index (χ0n) is 11.1. The van der Waals surface area contributed by atoms with Gasteiger partial charge in [-0.05, 0) is 32.9 Å². The number of anilines is 1. The first-order valence-electron chi connectivity index (χ1n) is 6.28. The third-order valence-electron chi connectivity index (χ3n) is 2.94. The van der Waals surface area contributed by atoms with Crippen molar-refractivity contribution in [2.24, 2.45) is 0 Å². The van der Waals surface area contributed by atoms with E-state index in [1.165, 1.54) is 6.34 Å². The van der Waals surface area contributed by atoms with Gasteiger partial charge in [0, 0.05) is 24.7 Å². The number of aromatic nitrogens is 1. The molecule has 0 spiro atoms. The topological polar surface area (TPSA) is 61.2 Å². The van der Waals surface area contributed by atoms with E-state index in [0.717, 1.165) is 24.5 Å². The summed E-state index contributed by atoms with van der Waals surface area (Å²) in [6.45, 7) is 7.68. The van der Waals surface area contributed by atoms with Crippen LogP contribution in [0.3, 0.4) is 0 Å². The fraction of sp³-hybridized carbons (Fsp3) is 0.538. The Bertz CT molecular complexity index is 433. The number of hydrogen-bond acceptors (Lipinski definition) is 4. The lowest BCUT2D eigenvalue weighted by Crippen LogP contribution is -2.29. The molecule has 2 heterocycles. The van der Waals surface area contributed by atoms with Crippen LogP contribution in [0.1, 0.15) is 26.3 Å². The van der Waals surface area contributed by atoms with E-state index < -0.39 is 0 Å². The van der Waals surface area contributed by atoms with Crippen LogP contribution in [0.4, 0.5) is 5.82 Å². The molecule has 5 heteroatoms.